The summed E-state index contributed by atoms with van der Waals surface area (Å²) in [5.41, 5.74) is -2.39. The van der Waals surface area contributed by atoms with Crippen molar-refractivity contribution in [3.8, 4) is 5.69 Å². The second-order valence-electron chi connectivity index (χ2n) is 6.13. The first-order valence-electron chi connectivity index (χ1n) is 8.18. The number of carbonyl (C=O) groups excluding carboxylic acids is 1. The highest BCUT2D eigenvalue weighted by Gasteiger charge is 2.31. The molecule has 0 spiro atoms. The average molecular weight is 424 g/mol. The van der Waals surface area contributed by atoms with E-state index in [0.717, 1.165) is 28.5 Å². The van der Waals surface area contributed by atoms with Crippen molar-refractivity contribution < 1.29 is 18.0 Å². The van der Waals surface area contributed by atoms with Crippen LogP contribution in [0.25, 0.3) is 5.69 Å². The normalized spacial score (nSPS) is 11.3. The van der Waals surface area contributed by atoms with Gasteiger partial charge in [-0.05, 0) is 37.3 Å². The summed E-state index contributed by atoms with van der Waals surface area (Å²) in [5, 5.41) is 2.04. The Kier molecular flexibility index (Phi) is 5.34. The van der Waals surface area contributed by atoms with Crippen molar-refractivity contribution in [1.29, 1.82) is 0 Å². The Morgan fingerprint density at radius 1 is 1.10 bits per heavy atom. The fourth-order valence-electron chi connectivity index (χ4n) is 2.55. The molecule has 10 heteroatoms. The lowest BCUT2D eigenvalue weighted by Gasteiger charge is -2.12. The summed E-state index contributed by atoms with van der Waals surface area (Å²) in [4.78, 5) is 39.6. The SMILES string of the molecule is Cc1ccc(-n2c(=O)[nH]cc(C(=O)Nc3cc(C(F)(F)F)ccc3Cl)c2=O)cc1. The number of hydrogen-bond donors (Lipinski definition) is 2. The van der Waals surface area contributed by atoms with Gasteiger partial charge in [-0.1, -0.05) is 29.3 Å². The minimum Gasteiger partial charge on any atom is -0.320 e. The number of aromatic nitrogens is 2. The number of rotatable bonds is 3. The van der Waals surface area contributed by atoms with E-state index < -0.39 is 34.5 Å². The van der Waals surface area contributed by atoms with E-state index in [0.29, 0.717) is 6.07 Å². The molecule has 150 valence electrons. The second-order valence-corrected chi connectivity index (χ2v) is 6.54. The molecule has 0 aliphatic carbocycles. The summed E-state index contributed by atoms with van der Waals surface area (Å²) >= 11 is 5.86. The number of anilines is 1. The van der Waals surface area contributed by atoms with Crippen LogP contribution in [0.15, 0.2) is 58.3 Å². The number of halogens is 4. The molecule has 1 aromatic heterocycles. The van der Waals surface area contributed by atoms with Gasteiger partial charge in [0.25, 0.3) is 11.5 Å². The Morgan fingerprint density at radius 3 is 2.38 bits per heavy atom. The molecule has 0 radical (unpaired) electrons. The summed E-state index contributed by atoms with van der Waals surface area (Å²) in [6, 6.07) is 8.81. The largest absolute Gasteiger partial charge is 0.416 e. The highest BCUT2D eigenvalue weighted by atomic mass is 35.5. The van der Waals surface area contributed by atoms with Gasteiger partial charge in [0.1, 0.15) is 5.56 Å². The molecule has 6 nitrogen and oxygen atoms in total. The maximum atomic E-state index is 12.9. The third kappa shape index (κ3) is 4.24. The van der Waals surface area contributed by atoms with Gasteiger partial charge < -0.3 is 10.3 Å². The molecule has 3 rings (SSSR count). The molecule has 0 atom stereocenters. The summed E-state index contributed by atoms with van der Waals surface area (Å²) in [6.45, 7) is 1.82. The van der Waals surface area contributed by atoms with Crippen LogP contribution >= 0.6 is 11.6 Å². The van der Waals surface area contributed by atoms with Crippen molar-refractivity contribution in [1.82, 2.24) is 9.55 Å². The molecule has 1 heterocycles. The topological polar surface area (TPSA) is 84.0 Å². The third-order valence-corrected chi connectivity index (χ3v) is 4.38. The molecule has 0 unspecified atom stereocenters. The molecule has 0 aliphatic heterocycles. The summed E-state index contributed by atoms with van der Waals surface area (Å²) in [7, 11) is 0. The average Bonchev–Trinajstić information content (AvgIpc) is 2.64. The van der Waals surface area contributed by atoms with Crippen molar-refractivity contribution in [3.63, 3.8) is 0 Å². The molecule has 0 aliphatic rings. The molecule has 0 fully saturated rings. The Hall–Kier alpha value is -3.33. The van der Waals surface area contributed by atoms with Crippen molar-refractivity contribution in [3.05, 3.63) is 91.2 Å². The van der Waals surface area contributed by atoms with Crippen molar-refractivity contribution in [2.45, 2.75) is 13.1 Å². The van der Waals surface area contributed by atoms with Crippen LogP contribution in [0.2, 0.25) is 5.02 Å². The third-order valence-electron chi connectivity index (χ3n) is 4.06. The highest BCUT2D eigenvalue weighted by Crippen LogP contribution is 2.33. The van der Waals surface area contributed by atoms with E-state index in [4.69, 9.17) is 11.6 Å². The lowest BCUT2D eigenvalue weighted by atomic mass is 10.2. The Labute approximate surface area is 166 Å². The van der Waals surface area contributed by atoms with Gasteiger partial charge in [-0.15, -0.1) is 0 Å². The van der Waals surface area contributed by atoms with Gasteiger partial charge in [-0.3, -0.25) is 9.59 Å². The van der Waals surface area contributed by atoms with Crippen molar-refractivity contribution in [2.24, 2.45) is 0 Å². The van der Waals surface area contributed by atoms with Crippen molar-refractivity contribution in [2.75, 3.05) is 5.32 Å². The Bertz CT molecular complexity index is 1200. The van der Waals surface area contributed by atoms with Gasteiger partial charge >= 0.3 is 11.9 Å². The zero-order valence-electron chi connectivity index (χ0n) is 14.8. The van der Waals surface area contributed by atoms with E-state index in [-0.39, 0.29) is 16.4 Å². The van der Waals surface area contributed by atoms with Gasteiger partial charge in [-0.2, -0.15) is 13.2 Å². The second kappa shape index (κ2) is 7.59. The first-order valence-corrected chi connectivity index (χ1v) is 8.55. The van der Waals surface area contributed by atoms with E-state index in [1.807, 2.05) is 6.92 Å². The fourth-order valence-corrected chi connectivity index (χ4v) is 2.72. The molecule has 0 saturated heterocycles. The standard InChI is InChI=1S/C19H13ClF3N3O3/c1-10-2-5-12(6-3-10)26-17(28)13(9-24-18(26)29)16(27)25-15-8-11(19(21,22)23)4-7-14(15)20/h2-9H,1H3,(H,24,29)(H,25,27). The molecule has 2 aromatic carbocycles. The van der Waals surface area contributed by atoms with Gasteiger partial charge in [0.15, 0.2) is 0 Å². The molecule has 29 heavy (non-hydrogen) atoms. The summed E-state index contributed by atoms with van der Waals surface area (Å²) < 4.78 is 39.4. The number of aromatic amines is 1. The van der Waals surface area contributed by atoms with Gasteiger partial charge in [0.2, 0.25) is 0 Å². The molecule has 0 saturated carbocycles. The predicted molar refractivity (Wildman–Crippen MR) is 102 cm³/mol. The van der Waals surface area contributed by atoms with E-state index in [9.17, 15) is 27.6 Å². The number of hydrogen-bond acceptors (Lipinski definition) is 3. The fraction of sp³-hybridized carbons (Fsp3) is 0.105. The zero-order chi connectivity index (χ0) is 21.3. The summed E-state index contributed by atoms with van der Waals surface area (Å²) in [6.07, 6.45) is -3.74. The van der Waals surface area contributed by atoms with Crippen LogP contribution in [0.4, 0.5) is 18.9 Å². The molecular weight excluding hydrogens is 411 g/mol. The lowest BCUT2D eigenvalue weighted by molar-refractivity contribution is -0.137. The van der Waals surface area contributed by atoms with E-state index in [2.05, 4.69) is 10.3 Å². The molecular formula is C19H13ClF3N3O3. The number of amides is 1. The quantitative estimate of drug-likeness (QED) is 0.672. The highest BCUT2D eigenvalue weighted by molar-refractivity contribution is 6.34. The lowest BCUT2D eigenvalue weighted by Crippen LogP contribution is -2.38. The molecule has 1 amide bonds. The van der Waals surface area contributed by atoms with Crippen LogP contribution in [-0.4, -0.2) is 15.5 Å². The van der Waals surface area contributed by atoms with E-state index in [1.54, 1.807) is 12.1 Å². The van der Waals surface area contributed by atoms with E-state index >= 15 is 0 Å². The Balaban J connectivity index is 2.01. The summed E-state index contributed by atoms with van der Waals surface area (Å²) in [5.74, 6) is -1.02. The van der Waals surface area contributed by atoms with Crippen molar-refractivity contribution >= 4 is 23.2 Å². The predicted octanol–water partition coefficient (Wildman–Crippen LogP) is 3.76. The number of carbonyl (C=O) groups is 1. The van der Waals surface area contributed by atoms with Crippen LogP contribution in [0.5, 0.6) is 0 Å². The first-order chi connectivity index (χ1) is 13.6. The molecule has 2 N–H and O–H groups in total. The maximum Gasteiger partial charge on any atom is 0.416 e. The van der Waals surface area contributed by atoms with Gasteiger partial charge in [0.05, 0.1) is 22.0 Å². The van der Waals surface area contributed by atoms with Crippen LogP contribution in [0, 0.1) is 6.92 Å². The van der Waals surface area contributed by atoms with Gasteiger partial charge in [-0.25, -0.2) is 9.36 Å². The number of benzene rings is 2. The minimum atomic E-state index is -4.64. The first kappa shape index (κ1) is 20.4. The van der Waals surface area contributed by atoms with Crippen LogP contribution in [0.3, 0.4) is 0 Å². The minimum absolute atomic E-state index is 0.144. The monoisotopic (exact) mass is 423 g/mol. The number of H-pyrrole nitrogens is 1. The van der Waals surface area contributed by atoms with Crippen LogP contribution < -0.4 is 16.6 Å². The van der Waals surface area contributed by atoms with E-state index in [1.165, 1.54) is 12.1 Å². The molecule has 3 aromatic rings. The number of aryl methyl sites for hydroxylation is 1. The number of nitrogens with one attached hydrogen (secondary N) is 2. The van der Waals surface area contributed by atoms with Gasteiger partial charge in [0, 0.05) is 6.20 Å². The number of nitrogens with zero attached hydrogens (tertiary/aromatic N) is 1. The Morgan fingerprint density at radius 2 is 1.76 bits per heavy atom. The van der Waals surface area contributed by atoms with Crippen LogP contribution in [0.1, 0.15) is 21.5 Å². The van der Waals surface area contributed by atoms with Crippen LogP contribution in [-0.2, 0) is 6.18 Å². The molecule has 0 bridgehead atoms. The number of alkyl halides is 3. The maximum absolute atomic E-state index is 12.9. The zero-order valence-corrected chi connectivity index (χ0v) is 15.6. The smallest absolute Gasteiger partial charge is 0.320 e.